The van der Waals surface area contributed by atoms with Crippen molar-refractivity contribution < 1.29 is 9.90 Å². The second-order valence-electron chi connectivity index (χ2n) is 4.90. The van der Waals surface area contributed by atoms with Crippen molar-refractivity contribution in [3.8, 4) is 0 Å². The molecular formula is C16H17ClN2O2. The van der Waals surface area contributed by atoms with Crippen LogP contribution < -0.4 is 5.32 Å². The zero-order valence-electron chi connectivity index (χ0n) is 11.7. The van der Waals surface area contributed by atoms with E-state index in [2.05, 4.69) is 10.3 Å². The van der Waals surface area contributed by atoms with Gasteiger partial charge in [0.25, 0.3) is 5.91 Å². The van der Waals surface area contributed by atoms with Gasteiger partial charge >= 0.3 is 0 Å². The molecule has 2 rings (SSSR count). The molecule has 21 heavy (non-hydrogen) atoms. The number of aliphatic hydroxyl groups excluding tert-OH is 1. The maximum absolute atomic E-state index is 12.0. The van der Waals surface area contributed by atoms with Crippen LogP contribution in [0.2, 0.25) is 5.15 Å². The lowest BCUT2D eigenvalue weighted by Crippen LogP contribution is -2.33. The van der Waals surface area contributed by atoms with E-state index >= 15 is 0 Å². The first-order valence-electron chi connectivity index (χ1n) is 6.71. The number of amides is 1. The Morgan fingerprint density at radius 2 is 2.05 bits per heavy atom. The van der Waals surface area contributed by atoms with Crippen LogP contribution in [0.3, 0.4) is 0 Å². The van der Waals surface area contributed by atoms with E-state index < -0.39 is 6.10 Å². The number of hydrogen-bond acceptors (Lipinski definition) is 3. The minimum Gasteiger partial charge on any atom is -0.388 e. The predicted molar refractivity (Wildman–Crippen MR) is 82.2 cm³/mol. The van der Waals surface area contributed by atoms with Crippen molar-refractivity contribution in [3.63, 3.8) is 0 Å². The Hall–Kier alpha value is -1.91. The molecule has 110 valence electrons. The van der Waals surface area contributed by atoms with Gasteiger partial charge in [0.05, 0.1) is 6.10 Å². The number of hydrogen-bond donors (Lipinski definition) is 2. The summed E-state index contributed by atoms with van der Waals surface area (Å²) in [6.45, 7) is 1.85. The molecule has 1 aromatic carbocycles. The van der Waals surface area contributed by atoms with Gasteiger partial charge in [-0.05, 0) is 31.0 Å². The highest BCUT2D eigenvalue weighted by molar-refractivity contribution is 6.29. The number of benzene rings is 1. The van der Waals surface area contributed by atoms with Crippen molar-refractivity contribution in [2.24, 2.45) is 0 Å². The molecule has 4 nitrogen and oxygen atoms in total. The van der Waals surface area contributed by atoms with Crippen LogP contribution in [0, 0.1) is 0 Å². The van der Waals surface area contributed by atoms with Crippen molar-refractivity contribution in [3.05, 3.63) is 64.9 Å². The van der Waals surface area contributed by atoms with Crippen LogP contribution in [-0.2, 0) is 0 Å². The zero-order chi connectivity index (χ0) is 15.2. The molecule has 0 spiro atoms. The van der Waals surface area contributed by atoms with Crippen LogP contribution in [0.15, 0.2) is 48.7 Å². The van der Waals surface area contributed by atoms with Gasteiger partial charge in [0.15, 0.2) is 0 Å². The largest absolute Gasteiger partial charge is 0.388 e. The zero-order valence-corrected chi connectivity index (χ0v) is 12.4. The highest BCUT2D eigenvalue weighted by Crippen LogP contribution is 2.18. The molecule has 0 radical (unpaired) electrons. The van der Waals surface area contributed by atoms with Gasteiger partial charge in [-0.25, -0.2) is 4.98 Å². The average Bonchev–Trinajstić information content (AvgIpc) is 2.48. The first-order chi connectivity index (χ1) is 10.1. The summed E-state index contributed by atoms with van der Waals surface area (Å²) in [5.41, 5.74) is 1.29. The Labute approximate surface area is 128 Å². The van der Waals surface area contributed by atoms with E-state index in [4.69, 9.17) is 11.6 Å². The second-order valence-corrected chi connectivity index (χ2v) is 5.29. The number of carbonyl (C=O) groups excluding carboxylic acids is 1. The lowest BCUT2D eigenvalue weighted by Gasteiger charge is -2.18. The molecule has 2 unspecified atom stereocenters. The molecular weight excluding hydrogens is 288 g/mol. The number of rotatable bonds is 5. The van der Waals surface area contributed by atoms with E-state index in [-0.39, 0.29) is 17.1 Å². The van der Waals surface area contributed by atoms with Crippen molar-refractivity contribution >= 4 is 17.5 Å². The number of nitrogens with one attached hydrogen (secondary N) is 1. The van der Waals surface area contributed by atoms with Crippen LogP contribution >= 0.6 is 11.6 Å². The van der Waals surface area contributed by atoms with Gasteiger partial charge in [-0.15, -0.1) is 0 Å². The number of aromatic nitrogens is 1. The quantitative estimate of drug-likeness (QED) is 0.835. The maximum Gasteiger partial charge on any atom is 0.251 e. The van der Waals surface area contributed by atoms with Gasteiger partial charge in [-0.3, -0.25) is 4.79 Å². The Kier molecular flexibility index (Phi) is 5.31. The van der Waals surface area contributed by atoms with Gasteiger partial charge < -0.3 is 10.4 Å². The van der Waals surface area contributed by atoms with E-state index in [9.17, 15) is 9.90 Å². The Balaban J connectivity index is 1.92. The van der Waals surface area contributed by atoms with Gasteiger partial charge in [0.2, 0.25) is 0 Å². The molecule has 0 aliphatic carbocycles. The summed E-state index contributed by atoms with van der Waals surface area (Å²) < 4.78 is 0. The summed E-state index contributed by atoms with van der Waals surface area (Å²) >= 11 is 5.76. The van der Waals surface area contributed by atoms with Crippen LogP contribution in [0.5, 0.6) is 0 Å². The molecule has 2 N–H and O–H groups in total. The van der Waals surface area contributed by atoms with Crippen molar-refractivity contribution in [1.29, 1.82) is 0 Å². The molecule has 1 heterocycles. The number of halogens is 1. The molecule has 0 bridgehead atoms. The monoisotopic (exact) mass is 304 g/mol. The second kappa shape index (κ2) is 7.20. The normalized spacial score (nSPS) is 13.5. The fourth-order valence-electron chi connectivity index (χ4n) is 2.06. The Bertz CT molecular complexity index is 604. The average molecular weight is 305 g/mol. The number of aliphatic hydroxyl groups is 1. The van der Waals surface area contributed by atoms with E-state index in [1.54, 1.807) is 6.07 Å². The molecule has 1 amide bonds. The minimum absolute atomic E-state index is 0.167. The molecule has 2 atom stereocenters. The first-order valence-corrected chi connectivity index (χ1v) is 7.09. The molecule has 0 saturated heterocycles. The predicted octanol–water partition coefficient (Wildman–Crippen LogP) is 2.98. The maximum atomic E-state index is 12.0. The lowest BCUT2D eigenvalue weighted by molar-refractivity contribution is 0.0917. The first kappa shape index (κ1) is 15.5. The molecule has 1 aromatic heterocycles. The Morgan fingerprint density at radius 1 is 1.33 bits per heavy atom. The fourth-order valence-corrected chi connectivity index (χ4v) is 2.23. The van der Waals surface area contributed by atoms with Crippen LogP contribution in [-0.4, -0.2) is 22.0 Å². The molecule has 2 aromatic rings. The topological polar surface area (TPSA) is 62.2 Å². The third-order valence-corrected chi connectivity index (χ3v) is 3.33. The van der Waals surface area contributed by atoms with E-state index in [1.807, 2.05) is 37.3 Å². The number of nitrogens with zero attached hydrogens (tertiary/aromatic N) is 1. The van der Waals surface area contributed by atoms with Crippen molar-refractivity contribution in [2.45, 2.75) is 25.5 Å². The van der Waals surface area contributed by atoms with E-state index in [0.29, 0.717) is 12.0 Å². The highest BCUT2D eigenvalue weighted by atomic mass is 35.5. The van der Waals surface area contributed by atoms with Crippen LogP contribution in [0.4, 0.5) is 0 Å². The standard InChI is InChI=1S/C16H17ClN2O2/c1-11(9-14(20)12-5-3-2-4-6-12)19-16(21)13-7-8-18-15(17)10-13/h2-8,10-11,14,20H,9H2,1H3,(H,19,21). The van der Waals surface area contributed by atoms with Gasteiger partial charge in [0, 0.05) is 17.8 Å². The van der Waals surface area contributed by atoms with E-state index in [0.717, 1.165) is 5.56 Å². The molecule has 0 aliphatic rings. The van der Waals surface area contributed by atoms with E-state index in [1.165, 1.54) is 12.3 Å². The fraction of sp³-hybridized carbons (Fsp3) is 0.250. The van der Waals surface area contributed by atoms with Crippen molar-refractivity contribution in [1.82, 2.24) is 10.3 Å². The highest BCUT2D eigenvalue weighted by Gasteiger charge is 2.15. The van der Waals surface area contributed by atoms with Crippen LogP contribution in [0.1, 0.15) is 35.4 Å². The number of carbonyl (C=O) groups is 1. The lowest BCUT2D eigenvalue weighted by atomic mass is 10.0. The summed E-state index contributed by atoms with van der Waals surface area (Å²) in [7, 11) is 0. The summed E-state index contributed by atoms with van der Waals surface area (Å²) in [4.78, 5) is 15.9. The number of pyridine rings is 1. The third kappa shape index (κ3) is 4.55. The Morgan fingerprint density at radius 3 is 2.71 bits per heavy atom. The van der Waals surface area contributed by atoms with Gasteiger partial charge in [-0.2, -0.15) is 0 Å². The third-order valence-electron chi connectivity index (χ3n) is 3.13. The molecule has 0 aliphatic heterocycles. The van der Waals surface area contributed by atoms with Crippen LogP contribution in [0.25, 0.3) is 0 Å². The SMILES string of the molecule is CC(CC(O)c1ccccc1)NC(=O)c1ccnc(Cl)c1. The summed E-state index contributed by atoms with van der Waals surface area (Å²) in [5, 5.41) is 13.3. The molecule has 0 saturated carbocycles. The molecule has 5 heteroatoms. The van der Waals surface area contributed by atoms with Gasteiger partial charge in [-0.1, -0.05) is 41.9 Å². The summed E-state index contributed by atoms with van der Waals surface area (Å²) in [5.74, 6) is -0.230. The summed E-state index contributed by atoms with van der Waals surface area (Å²) in [6, 6.07) is 12.3. The minimum atomic E-state index is -0.609. The van der Waals surface area contributed by atoms with Gasteiger partial charge in [0.1, 0.15) is 5.15 Å². The smallest absolute Gasteiger partial charge is 0.251 e. The molecule has 0 fully saturated rings. The van der Waals surface area contributed by atoms with Crippen molar-refractivity contribution in [2.75, 3.05) is 0 Å². The summed E-state index contributed by atoms with van der Waals surface area (Å²) in [6.07, 6.45) is 1.32.